The Bertz CT molecular complexity index is 627. The second-order valence-corrected chi connectivity index (χ2v) is 5.89. The molecule has 1 saturated carbocycles. The van der Waals surface area contributed by atoms with Gasteiger partial charge in [0.2, 0.25) is 0 Å². The Morgan fingerprint density at radius 3 is 2.63 bits per heavy atom. The van der Waals surface area contributed by atoms with Crippen molar-refractivity contribution >= 4 is 23.2 Å². The Balaban J connectivity index is 2.14. The molecule has 0 aliphatic heterocycles. The van der Waals surface area contributed by atoms with Gasteiger partial charge in [0.1, 0.15) is 5.15 Å². The second-order valence-electron chi connectivity index (χ2n) is 5.26. The molecule has 0 amide bonds. The molecule has 1 heterocycles. The third-order valence-corrected chi connectivity index (χ3v) is 4.29. The maximum absolute atomic E-state index is 6.46. The molecule has 0 radical (unpaired) electrons. The smallest absolute Gasteiger partial charge is 0.137 e. The molecule has 3 rings (SSSR count). The molecule has 1 aromatic heterocycles. The van der Waals surface area contributed by atoms with E-state index < -0.39 is 0 Å². The second kappa shape index (κ2) is 4.84. The molecule has 0 N–H and O–H groups in total. The molecule has 0 atom stereocenters. The summed E-state index contributed by atoms with van der Waals surface area (Å²) in [4.78, 5) is 0. The van der Waals surface area contributed by atoms with E-state index in [2.05, 4.69) is 32.0 Å². The molecule has 0 spiro atoms. The summed E-state index contributed by atoms with van der Waals surface area (Å²) >= 11 is 12.5. The average Bonchev–Trinajstić information content (AvgIpc) is 3.15. The molecule has 2 aromatic rings. The molecule has 0 bridgehead atoms. The summed E-state index contributed by atoms with van der Waals surface area (Å²) in [5, 5.41) is 5.36. The Kier molecular flexibility index (Phi) is 3.32. The van der Waals surface area contributed by atoms with Gasteiger partial charge in [-0.3, -0.25) is 0 Å². The van der Waals surface area contributed by atoms with Crippen LogP contribution in [0.5, 0.6) is 0 Å². The van der Waals surface area contributed by atoms with Gasteiger partial charge < -0.3 is 0 Å². The van der Waals surface area contributed by atoms with Gasteiger partial charge in [0.15, 0.2) is 0 Å². The van der Waals surface area contributed by atoms with Crippen LogP contribution >= 0.6 is 23.2 Å². The first-order valence-corrected chi connectivity index (χ1v) is 7.44. The summed E-state index contributed by atoms with van der Waals surface area (Å²) in [6.07, 6.45) is 2.40. The van der Waals surface area contributed by atoms with Crippen LogP contribution < -0.4 is 0 Å². The predicted octanol–water partition coefficient (Wildman–Crippen LogP) is 4.76. The van der Waals surface area contributed by atoms with E-state index in [0.717, 1.165) is 16.9 Å². The van der Waals surface area contributed by atoms with Crippen molar-refractivity contribution in [3.05, 3.63) is 45.7 Å². The van der Waals surface area contributed by atoms with Gasteiger partial charge in [-0.2, -0.15) is 5.10 Å². The van der Waals surface area contributed by atoms with Crippen molar-refractivity contribution in [2.24, 2.45) is 0 Å². The summed E-state index contributed by atoms with van der Waals surface area (Å²) in [5.41, 5.74) is 5.53. The molecule has 4 heteroatoms. The zero-order valence-corrected chi connectivity index (χ0v) is 12.6. The highest BCUT2D eigenvalue weighted by Gasteiger charge is 2.31. The molecule has 19 heavy (non-hydrogen) atoms. The number of nitrogens with zero attached hydrogens (tertiary/aromatic N) is 2. The highest BCUT2D eigenvalue weighted by Crippen LogP contribution is 2.43. The fraction of sp³-hybridized carbons (Fsp3) is 0.400. The zero-order chi connectivity index (χ0) is 13.6. The molecule has 1 fully saturated rings. The van der Waals surface area contributed by atoms with Gasteiger partial charge in [0.25, 0.3) is 0 Å². The summed E-state index contributed by atoms with van der Waals surface area (Å²) < 4.78 is 1.84. The van der Waals surface area contributed by atoms with Crippen LogP contribution in [-0.4, -0.2) is 9.78 Å². The lowest BCUT2D eigenvalue weighted by Gasteiger charge is -2.08. The predicted molar refractivity (Wildman–Crippen MR) is 79.6 cm³/mol. The minimum Gasteiger partial charge on any atom is -0.221 e. The van der Waals surface area contributed by atoms with E-state index in [9.17, 15) is 0 Å². The molecule has 1 aliphatic rings. The number of aryl methyl sites for hydroxylation is 2. The van der Waals surface area contributed by atoms with Gasteiger partial charge in [-0.05, 0) is 38.3 Å². The lowest BCUT2D eigenvalue weighted by atomic mass is 10.1. The van der Waals surface area contributed by atoms with Gasteiger partial charge >= 0.3 is 0 Å². The molecule has 100 valence electrons. The Morgan fingerprint density at radius 1 is 1.32 bits per heavy atom. The number of halogens is 2. The van der Waals surface area contributed by atoms with E-state index in [-0.39, 0.29) is 0 Å². The van der Waals surface area contributed by atoms with Crippen molar-refractivity contribution in [2.45, 2.75) is 38.5 Å². The van der Waals surface area contributed by atoms with Crippen molar-refractivity contribution in [3.63, 3.8) is 0 Å². The van der Waals surface area contributed by atoms with Crippen LogP contribution in [0.3, 0.4) is 0 Å². The molecular weight excluding hydrogens is 279 g/mol. The SMILES string of the molecule is Cc1ccc(-n2nc(C3CC3)c(CCl)c2Cl)c(C)c1. The van der Waals surface area contributed by atoms with Crippen LogP contribution in [-0.2, 0) is 5.88 Å². The summed E-state index contributed by atoms with van der Waals surface area (Å²) in [5.74, 6) is 0.980. The van der Waals surface area contributed by atoms with Gasteiger partial charge in [-0.1, -0.05) is 29.3 Å². The van der Waals surface area contributed by atoms with Crippen LogP contribution in [0.25, 0.3) is 5.69 Å². The van der Waals surface area contributed by atoms with Crippen molar-refractivity contribution in [1.29, 1.82) is 0 Å². The minimum atomic E-state index is 0.426. The summed E-state index contributed by atoms with van der Waals surface area (Å²) in [6.45, 7) is 4.17. The summed E-state index contributed by atoms with van der Waals surface area (Å²) in [6, 6.07) is 6.29. The number of aromatic nitrogens is 2. The Morgan fingerprint density at radius 2 is 2.05 bits per heavy atom. The maximum Gasteiger partial charge on any atom is 0.137 e. The van der Waals surface area contributed by atoms with Crippen LogP contribution in [0.15, 0.2) is 18.2 Å². The van der Waals surface area contributed by atoms with E-state index in [1.165, 1.54) is 24.0 Å². The lowest BCUT2D eigenvalue weighted by Crippen LogP contribution is -2.00. The first-order valence-electron chi connectivity index (χ1n) is 6.52. The highest BCUT2D eigenvalue weighted by atomic mass is 35.5. The standard InChI is InChI=1S/C15H16Cl2N2/c1-9-3-6-13(10(2)7-9)19-15(17)12(8-16)14(18-19)11-4-5-11/h3,6-7,11H,4-5,8H2,1-2H3. The van der Waals surface area contributed by atoms with E-state index in [1.807, 2.05) is 4.68 Å². The van der Waals surface area contributed by atoms with Gasteiger partial charge in [0.05, 0.1) is 17.3 Å². The first kappa shape index (κ1) is 13.0. The van der Waals surface area contributed by atoms with E-state index >= 15 is 0 Å². The van der Waals surface area contributed by atoms with Crippen LogP contribution in [0.4, 0.5) is 0 Å². The number of alkyl halides is 1. The number of hydrogen-bond donors (Lipinski definition) is 0. The molecule has 2 nitrogen and oxygen atoms in total. The Labute approximate surface area is 123 Å². The van der Waals surface area contributed by atoms with Crippen LogP contribution in [0.1, 0.15) is 41.1 Å². The molecule has 1 aliphatic carbocycles. The minimum absolute atomic E-state index is 0.426. The Hall–Kier alpha value is -0.990. The monoisotopic (exact) mass is 294 g/mol. The normalized spacial score (nSPS) is 14.9. The molecule has 0 saturated heterocycles. The quantitative estimate of drug-likeness (QED) is 0.747. The van der Waals surface area contributed by atoms with Crippen LogP contribution in [0.2, 0.25) is 5.15 Å². The molecule has 1 aromatic carbocycles. The van der Waals surface area contributed by atoms with E-state index in [4.69, 9.17) is 28.3 Å². The average molecular weight is 295 g/mol. The third-order valence-electron chi connectivity index (χ3n) is 3.63. The van der Waals surface area contributed by atoms with Crippen LogP contribution in [0, 0.1) is 13.8 Å². The largest absolute Gasteiger partial charge is 0.221 e. The van der Waals surface area contributed by atoms with Gasteiger partial charge in [-0.15, -0.1) is 11.6 Å². The van der Waals surface area contributed by atoms with Crippen molar-refractivity contribution in [2.75, 3.05) is 0 Å². The fourth-order valence-corrected chi connectivity index (χ4v) is 3.08. The first-order chi connectivity index (χ1) is 9.11. The number of rotatable bonds is 3. The van der Waals surface area contributed by atoms with E-state index in [1.54, 1.807) is 0 Å². The number of hydrogen-bond acceptors (Lipinski definition) is 1. The third kappa shape index (κ3) is 2.28. The van der Waals surface area contributed by atoms with Crippen molar-refractivity contribution < 1.29 is 0 Å². The maximum atomic E-state index is 6.46. The van der Waals surface area contributed by atoms with Crippen molar-refractivity contribution in [3.8, 4) is 5.69 Å². The summed E-state index contributed by atoms with van der Waals surface area (Å²) in [7, 11) is 0. The zero-order valence-electron chi connectivity index (χ0n) is 11.1. The van der Waals surface area contributed by atoms with E-state index in [0.29, 0.717) is 17.0 Å². The lowest BCUT2D eigenvalue weighted by molar-refractivity contribution is 0.831. The topological polar surface area (TPSA) is 17.8 Å². The number of benzene rings is 1. The molecule has 0 unspecified atom stereocenters. The molecular formula is C15H16Cl2N2. The highest BCUT2D eigenvalue weighted by molar-refractivity contribution is 6.31. The van der Waals surface area contributed by atoms with Crippen molar-refractivity contribution in [1.82, 2.24) is 9.78 Å². The van der Waals surface area contributed by atoms with Gasteiger partial charge in [-0.25, -0.2) is 4.68 Å². The fourth-order valence-electron chi connectivity index (χ4n) is 2.46. The van der Waals surface area contributed by atoms with Gasteiger partial charge in [0, 0.05) is 11.5 Å².